The van der Waals surface area contributed by atoms with E-state index in [0.717, 1.165) is 61.4 Å². The maximum atomic E-state index is 13.5. The second kappa shape index (κ2) is 11.1. The fourth-order valence-electron chi connectivity index (χ4n) is 5.64. The average molecular weight is 484 g/mol. The number of anilines is 2. The zero-order chi connectivity index (χ0) is 24.9. The number of aryl methyl sites for hydroxylation is 1. The largest absolute Gasteiger partial charge is 0.362 e. The summed E-state index contributed by atoms with van der Waals surface area (Å²) >= 11 is 0. The van der Waals surface area contributed by atoms with E-state index >= 15 is 0 Å². The van der Waals surface area contributed by atoms with Gasteiger partial charge in [0.25, 0.3) is 0 Å². The Labute approximate surface area is 214 Å². The lowest BCUT2D eigenvalue weighted by atomic mass is 9.88. The molecule has 6 heteroatoms. The Morgan fingerprint density at radius 3 is 2.03 bits per heavy atom. The summed E-state index contributed by atoms with van der Waals surface area (Å²) in [6.07, 6.45) is 8.41. The van der Waals surface area contributed by atoms with Crippen LogP contribution in [0.5, 0.6) is 0 Å². The number of benzene rings is 2. The zero-order valence-electron chi connectivity index (χ0n) is 21.4. The Balaban J connectivity index is 1.22. The van der Waals surface area contributed by atoms with E-state index < -0.39 is 0 Å². The van der Waals surface area contributed by atoms with Gasteiger partial charge in [-0.1, -0.05) is 60.7 Å². The SMILES string of the molecule is CN(C)c1nc(NC2CCC(NC(=O)C(c3ccccc3)c3ccccc3)CC2)nc2c1CCCC2. The lowest BCUT2D eigenvalue weighted by Gasteiger charge is -2.31. The van der Waals surface area contributed by atoms with E-state index in [1.807, 2.05) is 60.7 Å². The number of hydrogen-bond donors (Lipinski definition) is 2. The molecule has 2 aromatic carbocycles. The Morgan fingerprint density at radius 1 is 0.833 bits per heavy atom. The molecule has 0 aliphatic heterocycles. The third-order valence-corrected chi connectivity index (χ3v) is 7.52. The first kappa shape index (κ1) is 24.3. The van der Waals surface area contributed by atoms with E-state index in [2.05, 4.69) is 29.6 Å². The highest BCUT2D eigenvalue weighted by molar-refractivity contribution is 5.87. The van der Waals surface area contributed by atoms with E-state index in [0.29, 0.717) is 6.04 Å². The first-order valence-corrected chi connectivity index (χ1v) is 13.3. The lowest BCUT2D eigenvalue weighted by molar-refractivity contribution is -0.122. The molecule has 0 unspecified atom stereocenters. The van der Waals surface area contributed by atoms with E-state index in [1.165, 1.54) is 24.1 Å². The Bertz CT molecular complexity index is 1120. The van der Waals surface area contributed by atoms with Gasteiger partial charge in [-0.05, 0) is 62.5 Å². The van der Waals surface area contributed by atoms with Gasteiger partial charge in [-0.2, -0.15) is 4.98 Å². The lowest BCUT2D eigenvalue weighted by Crippen LogP contribution is -2.42. The van der Waals surface area contributed by atoms with Gasteiger partial charge in [-0.3, -0.25) is 4.79 Å². The second-order valence-corrected chi connectivity index (χ2v) is 10.4. The molecule has 0 atom stereocenters. The summed E-state index contributed by atoms with van der Waals surface area (Å²) < 4.78 is 0. The normalized spacial score (nSPS) is 19.4. The van der Waals surface area contributed by atoms with Gasteiger partial charge in [-0.25, -0.2) is 4.98 Å². The predicted octanol–water partition coefficient (Wildman–Crippen LogP) is 5.09. The van der Waals surface area contributed by atoms with Crippen LogP contribution < -0.4 is 15.5 Å². The van der Waals surface area contributed by atoms with Crippen LogP contribution in [-0.4, -0.2) is 42.1 Å². The van der Waals surface area contributed by atoms with Gasteiger partial charge in [0.1, 0.15) is 5.82 Å². The summed E-state index contributed by atoms with van der Waals surface area (Å²) in [7, 11) is 4.13. The van der Waals surface area contributed by atoms with E-state index in [9.17, 15) is 4.79 Å². The quantitative estimate of drug-likeness (QED) is 0.490. The van der Waals surface area contributed by atoms with E-state index in [1.54, 1.807) is 0 Å². The molecule has 5 rings (SSSR count). The number of fused-ring (bicyclic) bond motifs is 1. The van der Waals surface area contributed by atoms with E-state index in [4.69, 9.17) is 9.97 Å². The molecule has 1 saturated carbocycles. The Morgan fingerprint density at radius 2 is 1.42 bits per heavy atom. The third-order valence-electron chi connectivity index (χ3n) is 7.52. The molecule has 2 aliphatic carbocycles. The van der Waals surface area contributed by atoms with Gasteiger partial charge in [0.2, 0.25) is 11.9 Å². The predicted molar refractivity (Wildman–Crippen MR) is 146 cm³/mol. The van der Waals surface area contributed by atoms with Crippen molar-refractivity contribution in [2.75, 3.05) is 24.3 Å². The molecular formula is C30H37N5O. The average Bonchev–Trinajstić information content (AvgIpc) is 2.91. The van der Waals surface area contributed by atoms with Crippen LogP contribution in [0.4, 0.5) is 11.8 Å². The summed E-state index contributed by atoms with van der Waals surface area (Å²) in [6, 6.07) is 20.7. The molecule has 0 saturated heterocycles. The molecule has 0 bridgehead atoms. The molecule has 0 spiro atoms. The van der Waals surface area contributed by atoms with Crippen molar-refractivity contribution < 1.29 is 4.79 Å². The minimum absolute atomic E-state index is 0.0810. The van der Waals surface area contributed by atoms with Crippen molar-refractivity contribution in [1.82, 2.24) is 15.3 Å². The number of amides is 1. The minimum atomic E-state index is -0.295. The van der Waals surface area contributed by atoms with Crippen molar-refractivity contribution in [2.24, 2.45) is 0 Å². The molecular weight excluding hydrogens is 446 g/mol. The smallest absolute Gasteiger partial charge is 0.232 e. The summed E-state index contributed by atoms with van der Waals surface area (Å²) in [6.45, 7) is 0. The van der Waals surface area contributed by atoms with E-state index in [-0.39, 0.29) is 17.9 Å². The van der Waals surface area contributed by atoms with Crippen LogP contribution >= 0.6 is 0 Å². The molecule has 188 valence electrons. The van der Waals surface area contributed by atoms with Crippen molar-refractivity contribution >= 4 is 17.7 Å². The van der Waals surface area contributed by atoms with Gasteiger partial charge in [0.15, 0.2) is 0 Å². The van der Waals surface area contributed by atoms with Gasteiger partial charge < -0.3 is 15.5 Å². The fourth-order valence-corrected chi connectivity index (χ4v) is 5.64. The topological polar surface area (TPSA) is 70.2 Å². The molecule has 1 aromatic heterocycles. The van der Waals surface area contributed by atoms with Crippen LogP contribution in [-0.2, 0) is 17.6 Å². The number of aromatic nitrogens is 2. The van der Waals surface area contributed by atoms with Crippen LogP contribution in [0.2, 0.25) is 0 Å². The number of carbonyl (C=O) groups excluding carboxylic acids is 1. The van der Waals surface area contributed by atoms with Crippen molar-refractivity contribution in [3.63, 3.8) is 0 Å². The van der Waals surface area contributed by atoms with Crippen LogP contribution in [0, 0.1) is 0 Å². The maximum absolute atomic E-state index is 13.5. The van der Waals surface area contributed by atoms with Crippen molar-refractivity contribution in [2.45, 2.75) is 69.4 Å². The molecule has 6 nitrogen and oxygen atoms in total. The maximum Gasteiger partial charge on any atom is 0.232 e. The zero-order valence-corrected chi connectivity index (χ0v) is 21.4. The van der Waals surface area contributed by atoms with Gasteiger partial charge in [0.05, 0.1) is 11.6 Å². The highest BCUT2D eigenvalue weighted by Crippen LogP contribution is 2.30. The number of hydrogen-bond acceptors (Lipinski definition) is 5. The minimum Gasteiger partial charge on any atom is -0.362 e. The first-order chi connectivity index (χ1) is 17.6. The summed E-state index contributed by atoms with van der Waals surface area (Å²) in [5.41, 5.74) is 4.57. The number of nitrogens with zero attached hydrogens (tertiary/aromatic N) is 3. The molecule has 1 heterocycles. The molecule has 2 N–H and O–H groups in total. The van der Waals surface area contributed by atoms with Crippen molar-refractivity contribution in [1.29, 1.82) is 0 Å². The molecule has 3 aromatic rings. The number of rotatable bonds is 7. The molecule has 1 amide bonds. The van der Waals surface area contributed by atoms with Gasteiger partial charge >= 0.3 is 0 Å². The summed E-state index contributed by atoms with van der Waals surface area (Å²) in [5, 5.41) is 6.97. The summed E-state index contributed by atoms with van der Waals surface area (Å²) in [5.74, 6) is 1.59. The van der Waals surface area contributed by atoms with Crippen LogP contribution in [0.1, 0.15) is 66.8 Å². The first-order valence-electron chi connectivity index (χ1n) is 13.3. The van der Waals surface area contributed by atoms with Crippen LogP contribution in [0.3, 0.4) is 0 Å². The van der Waals surface area contributed by atoms with Gasteiger partial charge in [-0.15, -0.1) is 0 Å². The Hall–Kier alpha value is -3.41. The monoisotopic (exact) mass is 483 g/mol. The van der Waals surface area contributed by atoms with Gasteiger partial charge in [0, 0.05) is 31.7 Å². The summed E-state index contributed by atoms with van der Waals surface area (Å²) in [4.78, 5) is 25.3. The standard InChI is InChI=1S/C30H37N5O/c1-35(2)28-25-15-9-10-16-26(25)33-30(34-28)32-24-19-17-23(18-20-24)31-29(36)27(21-11-5-3-6-12-21)22-13-7-4-8-14-22/h3-8,11-14,23-24,27H,9-10,15-20H2,1-2H3,(H,31,36)(H,32,33,34). The van der Waals surface area contributed by atoms with Crippen LogP contribution in [0.25, 0.3) is 0 Å². The van der Waals surface area contributed by atoms with Crippen molar-refractivity contribution in [3.8, 4) is 0 Å². The van der Waals surface area contributed by atoms with Crippen LogP contribution in [0.15, 0.2) is 60.7 Å². The molecule has 36 heavy (non-hydrogen) atoms. The highest BCUT2D eigenvalue weighted by atomic mass is 16.1. The Kier molecular flexibility index (Phi) is 7.49. The molecule has 1 fully saturated rings. The third kappa shape index (κ3) is 5.53. The molecule has 0 radical (unpaired) electrons. The fraction of sp³-hybridized carbons (Fsp3) is 0.433. The number of carbonyl (C=O) groups is 1. The molecule has 2 aliphatic rings. The van der Waals surface area contributed by atoms with Crippen molar-refractivity contribution in [3.05, 3.63) is 83.0 Å². The number of nitrogens with one attached hydrogen (secondary N) is 2. The second-order valence-electron chi connectivity index (χ2n) is 10.4. The highest BCUT2D eigenvalue weighted by Gasteiger charge is 2.28.